The van der Waals surface area contributed by atoms with Crippen LogP contribution in [0.2, 0.25) is 0 Å². The summed E-state index contributed by atoms with van der Waals surface area (Å²) >= 11 is 0. The summed E-state index contributed by atoms with van der Waals surface area (Å²) in [6, 6.07) is -0.376. The van der Waals surface area contributed by atoms with Gasteiger partial charge in [0.15, 0.2) is 0 Å². The minimum Gasteiger partial charge on any atom is -0.379 e. The Morgan fingerprint density at radius 1 is 1.60 bits per heavy atom. The number of ether oxygens (including phenoxy) is 1. The Bertz CT molecular complexity index is 186. The fourth-order valence-corrected chi connectivity index (χ4v) is 1.10. The molecule has 4 nitrogen and oxygen atoms in total. The highest BCUT2D eigenvalue weighted by Gasteiger charge is 2.20. The molecule has 90 valence electrons. The first kappa shape index (κ1) is 14.7. The second-order valence-electron chi connectivity index (χ2n) is 3.82. The van der Waals surface area contributed by atoms with Crippen LogP contribution in [0.25, 0.3) is 0 Å². The summed E-state index contributed by atoms with van der Waals surface area (Å²) in [5.41, 5.74) is 5.54. The van der Waals surface area contributed by atoms with E-state index in [9.17, 15) is 4.79 Å². The number of nitrogens with two attached hydrogens (primary N) is 1. The molecule has 3 N–H and O–H groups in total. The maximum Gasteiger partial charge on any atom is 0.236 e. The van der Waals surface area contributed by atoms with Crippen molar-refractivity contribution in [3.05, 3.63) is 0 Å². The van der Waals surface area contributed by atoms with E-state index in [-0.39, 0.29) is 24.4 Å². The SMILES string of the molecule is CC[C@H](N)C(=O)NCCOCC1CC1.Cl. The fourth-order valence-electron chi connectivity index (χ4n) is 1.10. The molecule has 0 bridgehead atoms. The first-order valence-corrected chi connectivity index (χ1v) is 5.35. The topological polar surface area (TPSA) is 64.4 Å². The summed E-state index contributed by atoms with van der Waals surface area (Å²) < 4.78 is 5.37. The van der Waals surface area contributed by atoms with Gasteiger partial charge in [-0.2, -0.15) is 0 Å². The maximum absolute atomic E-state index is 11.2. The molecule has 0 aliphatic heterocycles. The molecule has 0 spiro atoms. The molecule has 5 heteroatoms. The summed E-state index contributed by atoms with van der Waals surface area (Å²) in [6.45, 7) is 3.90. The number of halogens is 1. The van der Waals surface area contributed by atoms with Crippen LogP contribution in [0.3, 0.4) is 0 Å². The third kappa shape index (κ3) is 6.71. The average molecular weight is 237 g/mol. The molecule has 1 fully saturated rings. The number of hydrogen-bond acceptors (Lipinski definition) is 3. The van der Waals surface area contributed by atoms with Crippen molar-refractivity contribution in [1.82, 2.24) is 5.32 Å². The van der Waals surface area contributed by atoms with Crippen LogP contribution in [0.15, 0.2) is 0 Å². The van der Waals surface area contributed by atoms with Gasteiger partial charge < -0.3 is 15.8 Å². The standard InChI is InChI=1S/C10H20N2O2.ClH/c1-2-9(11)10(13)12-5-6-14-7-8-3-4-8;/h8-9H,2-7,11H2,1H3,(H,12,13);1H/t9-;/m0./s1. The van der Waals surface area contributed by atoms with Gasteiger partial charge in [0.05, 0.1) is 12.6 Å². The monoisotopic (exact) mass is 236 g/mol. The van der Waals surface area contributed by atoms with Gasteiger partial charge in [0.1, 0.15) is 0 Å². The van der Waals surface area contributed by atoms with Crippen molar-refractivity contribution in [3.8, 4) is 0 Å². The lowest BCUT2D eigenvalue weighted by Gasteiger charge is -2.09. The van der Waals surface area contributed by atoms with Gasteiger partial charge in [-0.15, -0.1) is 12.4 Å². The zero-order chi connectivity index (χ0) is 10.4. The quantitative estimate of drug-likeness (QED) is 0.640. The first-order chi connectivity index (χ1) is 6.74. The molecule has 15 heavy (non-hydrogen) atoms. The molecule has 1 amide bonds. The third-order valence-electron chi connectivity index (χ3n) is 2.37. The van der Waals surface area contributed by atoms with E-state index in [1.54, 1.807) is 0 Å². The van der Waals surface area contributed by atoms with Gasteiger partial charge in [-0.05, 0) is 25.2 Å². The van der Waals surface area contributed by atoms with E-state index in [1.165, 1.54) is 12.8 Å². The van der Waals surface area contributed by atoms with Crippen LogP contribution < -0.4 is 11.1 Å². The molecule has 0 saturated heterocycles. The molecule has 0 aromatic rings. The van der Waals surface area contributed by atoms with Crippen LogP contribution in [0.5, 0.6) is 0 Å². The Morgan fingerprint density at radius 3 is 2.80 bits per heavy atom. The molecule has 1 aliphatic carbocycles. The highest BCUT2D eigenvalue weighted by molar-refractivity contribution is 5.85. The minimum absolute atomic E-state index is 0. The zero-order valence-corrected chi connectivity index (χ0v) is 10.0. The van der Waals surface area contributed by atoms with Gasteiger partial charge in [0.25, 0.3) is 0 Å². The number of carbonyl (C=O) groups excluding carboxylic acids is 1. The van der Waals surface area contributed by atoms with E-state index in [4.69, 9.17) is 10.5 Å². The Balaban J connectivity index is 0.00000196. The number of hydrogen-bond donors (Lipinski definition) is 2. The molecule has 1 saturated carbocycles. The van der Waals surface area contributed by atoms with Crippen LogP contribution in [-0.4, -0.2) is 31.7 Å². The molecule has 0 aromatic heterocycles. The van der Waals surface area contributed by atoms with Crippen molar-refractivity contribution < 1.29 is 9.53 Å². The number of amides is 1. The number of rotatable bonds is 7. The number of nitrogens with one attached hydrogen (secondary N) is 1. The Morgan fingerprint density at radius 2 is 2.27 bits per heavy atom. The second kappa shape index (κ2) is 7.91. The van der Waals surface area contributed by atoms with Crippen LogP contribution in [0.1, 0.15) is 26.2 Å². The van der Waals surface area contributed by atoms with Gasteiger partial charge in [0, 0.05) is 13.2 Å². The van der Waals surface area contributed by atoms with Crippen molar-refractivity contribution in [1.29, 1.82) is 0 Å². The van der Waals surface area contributed by atoms with Crippen molar-refractivity contribution in [2.75, 3.05) is 19.8 Å². The van der Waals surface area contributed by atoms with E-state index in [2.05, 4.69) is 5.32 Å². The summed E-state index contributed by atoms with van der Waals surface area (Å²) in [4.78, 5) is 11.2. The molecule has 1 rings (SSSR count). The molecule has 0 aromatic carbocycles. The highest BCUT2D eigenvalue weighted by atomic mass is 35.5. The van der Waals surface area contributed by atoms with Gasteiger partial charge in [-0.3, -0.25) is 4.79 Å². The molecule has 0 unspecified atom stereocenters. The van der Waals surface area contributed by atoms with Gasteiger partial charge >= 0.3 is 0 Å². The molecular formula is C10H21ClN2O2. The van der Waals surface area contributed by atoms with E-state index < -0.39 is 0 Å². The second-order valence-corrected chi connectivity index (χ2v) is 3.82. The van der Waals surface area contributed by atoms with Gasteiger partial charge in [-0.25, -0.2) is 0 Å². The predicted molar refractivity (Wildman–Crippen MR) is 62.1 cm³/mol. The van der Waals surface area contributed by atoms with Crippen molar-refractivity contribution in [2.45, 2.75) is 32.2 Å². The lowest BCUT2D eigenvalue weighted by Crippen LogP contribution is -2.41. The summed E-state index contributed by atoms with van der Waals surface area (Å²) in [7, 11) is 0. The lowest BCUT2D eigenvalue weighted by molar-refractivity contribution is -0.122. The summed E-state index contributed by atoms with van der Waals surface area (Å²) in [5, 5.41) is 2.74. The van der Waals surface area contributed by atoms with Crippen molar-refractivity contribution >= 4 is 18.3 Å². The number of carbonyl (C=O) groups is 1. The Kier molecular flexibility index (Phi) is 7.74. The zero-order valence-electron chi connectivity index (χ0n) is 9.20. The molecule has 1 aliphatic rings. The van der Waals surface area contributed by atoms with Gasteiger partial charge in [-0.1, -0.05) is 6.92 Å². The molecule has 0 heterocycles. The maximum atomic E-state index is 11.2. The Labute approximate surface area is 97.3 Å². The smallest absolute Gasteiger partial charge is 0.236 e. The molecule has 1 atom stereocenters. The van der Waals surface area contributed by atoms with Crippen molar-refractivity contribution in [3.63, 3.8) is 0 Å². The summed E-state index contributed by atoms with van der Waals surface area (Å²) in [5.74, 6) is 0.700. The molecule has 0 radical (unpaired) electrons. The van der Waals surface area contributed by atoms with Crippen LogP contribution in [0.4, 0.5) is 0 Å². The third-order valence-corrected chi connectivity index (χ3v) is 2.37. The largest absolute Gasteiger partial charge is 0.379 e. The normalized spacial score (nSPS) is 16.7. The van der Waals surface area contributed by atoms with E-state index >= 15 is 0 Å². The van der Waals surface area contributed by atoms with Crippen molar-refractivity contribution in [2.24, 2.45) is 11.7 Å². The highest BCUT2D eigenvalue weighted by Crippen LogP contribution is 2.28. The Hall–Kier alpha value is -0.320. The molecular weight excluding hydrogens is 216 g/mol. The first-order valence-electron chi connectivity index (χ1n) is 5.35. The van der Waals surface area contributed by atoms with E-state index in [1.807, 2.05) is 6.92 Å². The van der Waals surface area contributed by atoms with Crippen LogP contribution in [0, 0.1) is 5.92 Å². The lowest BCUT2D eigenvalue weighted by atomic mass is 10.2. The van der Waals surface area contributed by atoms with E-state index in [0.29, 0.717) is 19.6 Å². The average Bonchev–Trinajstić information content (AvgIpc) is 2.99. The van der Waals surface area contributed by atoms with E-state index in [0.717, 1.165) is 12.5 Å². The minimum atomic E-state index is -0.376. The van der Waals surface area contributed by atoms with Gasteiger partial charge in [0.2, 0.25) is 5.91 Å². The predicted octanol–water partition coefficient (Wildman–Crippen LogP) is 0.688. The summed E-state index contributed by atoms with van der Waals surface area (Å²) in [6.07, 6.45) is 3.27. The fraction of sp³-hybridized carbons (Fsp3) is 0.900. The van der Waals surface area contributed by atoms with Crippen LogP contribution in [-0.2, 0) is 9.53 Å². The van der Waals surface area contributed by atoms with Crippen LogP contribution >= 0.6 is 12.4 Å².